The number of amides is 1. The number of rotatable bonds is 7. The zero-order valence-corrected chi connectivity index (χ0v) is 13.9. The molecular formula is C18H22N4O2. The number of carbonyl (C=O) groups excluding carboxylic acids is 1. The Morgan fingerprint density at radius 1 is 1.42 bits per heavy atom. The highest BCUT2D eigenvalue weighted by molar-refractivity contribution is 5.94. The molecule has 0 aliphatic carbocycles. The van der Waals surface area contributed by atoms with E-state index in [4.69, 9.17) is 5.11 Å². The van der Waals surface area contributed by atoms with Gasteiger partial charge in [0.1, 0.15) is 0 Å². The van der Waals surface area contributed by atoms with Crippen LogP contribution in [0.4, 0.5) is 5.69 Å². The van der Waals surface area contributed by atoms with Crippen molar-refractivity contribution in [2.45, 2.75) is 13.8 Å². The van der Waals surface area contributed by atoms with E-state index in [1.54, 1.807) is 24.5 Å². The van der Waals surface area contributed by atoms with Gasteiger partial charge in [0.25, 0.3) is 5.91 Å². The SMILES string of the molecule is CCN(CCO)c1ccc(/C=N\NC(=O)c2cccnc2)c(C)c1. The van der Waals surface area contributed by atoms with Gasteiger partial charge in [-0.15, -0.1) is 0 Å². The fraction of sp³-hybridized carbons (Fsp3) is 0.278. The number of aliphatic hydroxyl groups is 1. The quantitative estimate of drug-likeness (QED) is 0.602. The van der Waals surface area contributed by atoms with E-state index in [9.17, 15) is 4.79 Å². The Labute approximate surface area is 141 Å². The van der Waals surface area contributed by atoms with Gasteiger partial charge in [0.15, 0.2) is 0 Å². The number of aliphatic hydroxyl groups excluding tert-OH is 1. The highest BCUT2D eigenvalue weighted by Gasteiger charge is 2.06. The fourth-order valence-corrected chi connectivity index (χ4v) is 2.31. The maximum Gasteiger partial charge on any atom is 0.272 e. The summed E-state index contributed by atoms with van der Waals surface area (Å²) in [6, 6.07) is 9.36. The van der Waals surface area contributed by atoms with Crippen molar-refractivity contribution in [1.29, 1.82) is 0 Å². The van der Waals surface area contributed by atoms with Crippen LogP contribution >= 0.6 is 0 Å². The Hall–Kier alpha value is -2.73. The van der Waals surface area contributed by atoms with E-state index in [0.717, 1.165) is 23.4 Å². The number of aryl methyl sites for hydroxylation is 1. The van der Waals surface area contributed by atoms with Gasteiger partial charge in [0.05, 0.1) is 18.4 Å². The third kappa shape index (κ3) is 4.63. The third-order valence-corrected chi connectivity index (χ3v) is 3.66. The van der Waals surface area contributed by atoms with E-state index >= 15 is 0 Å². The summed E-state index contributed by atoms with van der Waals surface area (Å²) in [5, 5.41) is 13.1. The van der Waals surface area contributed by atoms with Crippen molar-refractivity contribution in [3.05, 3.63) is 59.4 Å². The lowest BCUT2D eigenvalue weighted by Crippen LogP contribution is -2.26. The van der Waals surface area contributed by atoms with Gasteiger partial charge in [-0.1, -0.05) is 6.07 Å². The molecule has 2 aromatic rings. The number of anilines is 1. The number of pyridine rings is 1. The lowest BCUT2D eigenvalue weighted by molar-refractivity contribution is 0.0955. The molecule has 0 spiro atoms. The van der Waals surface area contributed by atoms with Gasteiger partial charge in [0, 0.05) is 31.2 Å². The Kier molecular flexibility index (Phi) is 6.45. The number of hydrogen-bond donors (Lipinski definition) is 2. The van der Waals surface area contributed by atoms with Crippen LogP contribution in [0.1, 0.15) is 28.4 Å². The molecular weight excluding hydrogens is 304 g/mol. The van der Waals surface area contributed by atoms with Crippen molar-refractivity contribution in [2.75, 3.05) is 24.6 Å². The standard InChI is InChI=1S/C18H22N4O2/c1-3-22(9-10-23)17-7-6-15(14(2)11-17)13-20-21-18(24)16-5-4-8-19-12-16/h4-8,11-13,23H,3,9-10H2,1-2H3,(H,21,24)/b20-13-. The molecule has 2 N–H and O–H groups in total. The molecule has 0 fully saturated rings. The number of benzene rings is 1. The number of nitrogens with one attached hydrogen (secondary N) is 1. The maximum atomic E-state index is 11.9. The van der Waals surface area contributed by atoms with Crippen LogP contribution in [-0.2, 0) is 0 Å². The molecule has 0 saturated heterocycles. The lowest BCUT2D eigenvalue weighted by Gasteiger charge is -2.22. The van der Waals surface area contributed by atoms with Crippen molar-refractivity contribution in [3.63, 3.8) is 0 Å². The van der Waals surface area contributed by atoms with Gasteiger partial charge in [-0.2, -0.15) is 5.10 Å². The first kappa shape index (κ1) is 17.6. The monoisotopic (exact) mass is 326 g/mol. The summed E-state index contributed by atoms with van der Waals surface area (Å²) >= 11 is 0. The molecule has 1 amide bonds. The largest absolute Gasteiger partial charge is 0.395 e. The van der Waals surface area contributed by atoms with Crippen molar-refractivity contribution >= 4 is 17.8 Å². The number of hydrogen-bond acceptors (Lipinski definition) is 5. The number of carbonyl (C=O) groups is 1. The first-order chi connectivity index (χ1) is 11.7. The van der Waals surface area contributed by atoms with Gasteiger partial charge in [-0.05, 0) is 49.2 Å². The Morgan fingerprint density at radius 2 is 2.25 bits per heavy atom. The van der Waals surface area contributed by atoms with Crippen molar-refractivity contribution in [2.24, 2.45) is 5.10 Å². The summed E-state index contributed by atoms with van der Waals surface area (Å²) in [7, 11) is 0. The van der Waals surface area contributed by atoms with Gasteiger partial charge in [-0.25, -0.2) is 5.43 Å². The van der Waals surface area contributed by atoms with Crippen LogP contribution in [0.15, 0.2) is 47.8 Å². The minimum Gasteiger partial charge on any atom is -0.395 e. The Bertz CT molecular complexity index is 701. The summed E-state index contributed by atoms with van der Waals surface area (Å²) in [6.07, 6.45) is 4.72. The molecule has 6 nitrogen and oxygen atoms in total. The topological polar surface area (TPSA) is 77.8 Å². The second-order valence-electron chi connectivity index (χ2n) is 5.28. The van der Waals surface area contributed by atoms with E-state index in [0.29, 0.717) is 12.1 Å². The average Bonchev–Trinajstić information content (AvgIpc) is 2.61. The van der Waals surface area contributed by atoms with Crippen LogP contribution < -0.4 is 10.3 Å². The van der Waals surface area contributed by atoms with Crippen molar-refractivity contribution in [3.8, 4) is 0 Å². The fourth-order valence-electron chi connectivity index (χ4n) is 2.31. The molecule has 0 radical (unpaired) electrons. The molecule has 0 atom stereocenters. The summed E-state index contributed by atoms with van der Waals surface area (Å²) in [4.78, 5) is 17.9. The molecule has 1 aromatic heterocycles. The highest BCUT2D eigenvalue weighted by Crippen LogP contribution is 2.18. The number of aromatic nitrogens is 1. The Balaban J connectivity index is 2.03. The predicted octanol–water partition coefficient (Wildman–Crippen LogP) is 1.97. The molecule has 6 heteroatoms. The van der Waals surface area contributed by atoms with Gasteiger partial charge < -0.3 is 10.0 Å². The van der Waals surface area contributed by atoms with Crippen LogP contribution in [0, 0.1) is 6.92 Å². The van der Waals surface area contributed by atoms with E-state index in [1.807, 2.05) is 32.0 Å². The zero-order chi connectivity index (χ0) is 17.4. The average molecular weight is 326 g/mol. The van der Waals surface area contributed by atoms with Gasteiger partial charge in [0.2, 0.25) is 0 Å². The summed E-state index contributed by atoms with van der Waals surface area (Å²) < 4.78 is 0. The molecule has 2 rings (SSSR count). The first-order valence-corrected chi connectivity index (χ1v) is 7.85. The molecule has 0 unspecified atom stereocenters. The van der Waals surface area contributed by atoms with Crippen LogP contribution in [0.5, 0.6) is 0 Å². The second kappa shape index (κ2) is 8.79. The molecule has 0 saturated carbocycles. The highest BCUT2D eigenvalue weighted by atomic mass is 16.3. The normalized spacial score (nSPS) is 10.8. The number of nitrogens with zero attached hydrogens (tertiary/aromatic N) is 3. The minimum absolute atomic E-state index is 0.122. The van der Waals surface area contributed by atoms with E-state index in [2.05, 4.69) is 20.4 Å². The molecule has 126 valence electrons. The number of hydrazone groups is 1. The second-order valence-corrected chi connectivity index (χ2v) is 5.28. The maximum absolute atomic E-state index is 11.9. The van der Waals surface area contributed by atoms with E-state index < -0.39 is 0 Å². The zero-order valence-electron chi connectivity index (χ0n) is 13.9. The van der Waals surface area contributed by atoms with Crippen LogP contribution in [-0.4, -0.2) is 41.9 Å². The molecule has 0 aliphatic rings. The minimum atomic E-state index is -0.297. The summed E-state index contributed by atoms with van der Waals surface area (Å²) in [5.74, 6) is -0.297. The van der Waals surface area contributed by atoms with Crippen molar-refractivity contribution < 1.29 is 9.90 Å². The van der Waals surface area contributed by atoms with Gasteiger partial charge in [-0.3, -0.25) is 9.78 Å². The molecule has 1 heterocycles. The van der Waals surface area contributed by atoms with Crippen LogP contribution in [0.3, 0.4) is 0 Å². The lowest BCUT2D eigenvalue weighted by atomic mass is 10.1. The molecule has 24 heavy (non-hydrogen) atoms. The molecule has 0 bridgehead atoms. The Morgan fingerprint density at radius 3 is 2.88 bits per heavy atom. The van der Waals surface area contributed by atoms with E-state index in [1.165, 1.54) is 6.20 Å². The number of likely N-dealkylation sites (N-methyl/N-ethyl adjacent to an activating group) is 1. The van der Waals surface area contributed by atoms with Crippen molar-refractivity contribution in [1.82, 2.24) is 10.4 Å². The predicted molar refractivity (Wildman–Crippen MR) is 95.4 cm³/mol. The first-order valence-electron chi connectivity index (χ1n) is 7.85. The van der Waals surface area contributed by atoms with Crippen LogP contribution in [0.25, 0.3) is 0 Å². The molecule has 1 aromatic carbocycles. The smallest absolute Gasteiger partial charge is 0.272 e. The summed E-state index contributed by atoms with van der Waals surface area (Å²) in [6.45, 7) is 5.59. The summed E-state index contributed by atoms with van der Waals surface area (Å²) in [5.41, 5.74) is 5.98. The third-order valence-electron chi connectivity index (χ3n) is 3.66. The van der Waals surface area contributed by atoms with Gasteiger partial charge >= 0.3 is 0 Å². The van der Waals surface area contributed by atoms with Crippen LogP contribution in [0.2, 0.25) is 0 Å². The van der Waals surface area contributed by atoms with E-state index in [-0.39, 0.29) is 12.5 Å². The molecule has 0 aliphatic heterocycles.